The maximum absolute atomic E-state index is 9.64. The summed E-state index contributed by atoms with van der Waals surface area (Å²) in [7, 11) is 0. The highest BCUT2D eigenvalue weighted by molar-refractivity contribution is 5.89. The molecule has 0 amide bonds. The first-order valence-electron chi connectivity index (χ1n) is 16.5. The van der Waals surface area contributed by atoms with E-state index in [1.807, 2.05) is 13.8 Å². The minimum Gasteiger partial charge on any atom is -0.493 e. The third-order valence-corrected chi connectivity index (χ3v) is 9.19. The minimum absolute atomic E-state index is 0.0326. The Kier molecular flexibility index (Phi) is 9.63. The molecule has 0 heterocycles. The average Bonchev–Trinajstić information content (AvgIpc) is 3.12. The van der Waals surface area contributed by atoms with Gasteiger partial charge in [-0.25, -0.2) is 0 Å². The summed E-state index contributed by atoms with van der Waals surface area (Å²) in [6.45, 7) is 9.51. The number of aliphatic hydroxyl groups is 2. The normalized spacial score (nSPS) is 13.1. The number of fused-ring (bicyclic) bond motifs is 2. The first kappa shape index (κ1) is 32.3. The van der Waals surface area contributed by atoms with Crippen LogP contribution in [0.2, 0.25) is 0 Å². The fourth-order valence-electron chi connectivity index (χ4n) is 5.99. The number of ether oxygens (including phenoxy) is 2. The second kappa shape index (κ2) is 14.0. The second-order valence-corrected chi connectivity index (χ2v) is 13.4. The minimum atomic E-state index is -0.356. The van der Waals surface area contributed by atoms with Gasteiger partial charge in [0.25, 0.3) is 0 Å². The summed E-state index contributed by atoms with van der Waals surface area (Å²) in [6.07, 6.45) is 0. The molecule has 2 unspecified atom stereocenters. The van der Waals surface area contributed by atoms with E-state index >= 15 is 0 Å². The molecule has 0 bridgehead atoms. The molecule has 0 fully saturated rings. The lowest BCUT2D eigenvalue weighted by atomic mass is 9.76. The highest BCUT2D eigenvalue weighted by Gasteiger charge is 2.26. The van der Waals surface area contributed by atoms with E-state index in [2.05, 4.69) is 135 Å². The molecule has 0 aromatic heterocycles. The SMILES string of the molecule is CC(CO)COc1ccc(C(C)(C)c2ccc(OCC(C)CO)c(-c3ccc4ccccc4c3)c2)cc1-c1ccc2ccccc2c1. The summed E-state index contributed by atoms with van der Waals surface area (Å²) >= 11 is 0. The van der Waals surface area contributed by atoms with Crippen LogP contribution in [0.25, 0.3) is 43.8 Å². The first-order valence-corrected chi connectivity index (χ1v) is 16.5. The standard InChI is InChI=1S/C43H44O4/c1-29(25-44)27-46-41-19-17-37(23-39(41)35-15-13-31-9-5-7-11-33(31)21-35)43(3,4)38-18-20-42(47-28-30(2)26-45)40(24-38)36-16-14-32-10-6-8-12-34(32)22-36/h5-24,29-30,44-45H,25-28H2,1-4H3. The summed E-state index contributed by atoms with van der Waals surface area (Å²) in [6, 6.07) is 42.9. The smallest absolute Gasteiger partial charge is 0.127 e. The Morgan fingerprint density at radius 2 is 0.915 bits per heavy atom. The van der Waals surface area contributed by atoms with Crippen LogP contribution in [-0.2, 0) is 5.41 Å². The van der Waals surface area contributed by atoms with Gasteiger partial charge in [0.1, 0.15) is 11.5 Å². The van der Waals surface area contributed by atoms with Gasteiger partial charge in [-0.1, -0.05) is 113 Å². The third-order valence-electron chi connectivity index (χ3n) is 9.19. The lowest BCUT2D eigenvalue weighted by Crippen LogP contribution is -2.20. The van der Waals surface area contributed by atoms with E-state index in [1.165, 1.54) is 21.5 Å². The van der Waals surface area contributed by atoms with Crippen molar-refractivity contribution >= 4 is 21.5 Å². The van der Waals surface area contributed by atoms with E-state index in [4.69, 9.17) is 9.47 Å². The van der Waals surface area contributed by atoms with Crippen molar-refractivity contribution in [3.8, 4) is 33.8 Å². The molecule has 0 aliphatic carbocycles. The summed E-state index contributed by atoms with van der Waals surface area (Å²) in [5, 5.41) is 24.0. The monoisotopic (exact) mass is 624 g/mol. The zero-order valence-electron chi connectivity index (χ0n) is 27.7. The number of benzene rings is 6. The molecule has 240 valence electrons. The van der Waals surface area contributed by atoms with E-state index < -0.39 is 0 Å². The van der Waals surface area contributed by atoms with E-state index in [0.29, 0.717) is 13.2 Å². The molecule has 0 saturated heterocycles. The Balaban J connectivity index is 1.44. The van der Waals surface area contributed by atoms with Gasteiger partial charge < -0.3 is 19.7 Å². The quantitative estimate of drug-likeness (QED) is 0.142. The van der Waals surface area contributed by atoms with E-state index in [9.17, 15) is 10.2 Å². The number of aliphatic hydroxyl groups excluding tert-OH is 2. The van der Waals surface area contributed by atoms with Crippen LogP contribution in [0.5, 0.6) is 11.5 Å². The molecule has 6 aromatic rings. The van der Waals surface area contributed by atoms with Crippen LogP contribution in [-0.4, -0.2) is 36.6 Å². The lowest BCUT2D eigenvalue weighted by molar-refractivity contribution is 0.174. The summed E-state index contributed by atoms with van der Waals surface area (Å²) in [4.78, 5) is 0. The number of rotatable bonds is 12. The predicted octanol–water partition coefficient (Wildman–Crippen LogP) is 9.67. The maximum Gasteiger partial charge on any atom is 0.127 e. The van der Waals surface area contributed by atoms with Crippen LogP contribution >= 0.6 is 0 Å². The van der Waals surface area contributed by atoms with Crippen LogP contribution < -0.4 is 9.47 Å². The van der Waals surface area contributed by atoms with Gasteiger partial charge in [-0.3, -0.25) is 0 Å². The lowest BCUT2D eigenvalue weighted by Gasteiger charge is -2.29. The van der Waals surface area contributed by atoms with Crippen LogP contribution in [0.4, 0.5) is 0 Å². The Labute approximate surface area is 278 Å². The van der Waals surface area contributed by atoms with Gasteiger partial charge in [-0.15, -0.1) is 0 Å². The summed E-state index contributed by atoms with van der Waals surface area (Å²) < 4.78 is 12.6. The third kappa shape index (κ3) is 7.05. The van der Waals surface area contributed by atoms with Gasteiger partial charge in [-0.05, 0) is 80.2 Å². The average molecular weight is 625 g/mol. The van der Waals surface area contributed by atoms with Crippen LogP contribution in [0.1, 0.15) is 38.8 Å². The molecule has 6 rings (SSSR count). The van der Waals surface area contributed by atoms with Crippen molar-refractivity contribution in [2.75, 3.05) is 26.4 Å². The fourth-order valence-corrected chi connectivity index (χ4v) is 5.99. The molecule has 6 aromatic carbocycles. The van der Waals surface area contributed by atoms with Gasteiger partial charge in [-0.2, -0.15) is 0 Å². The first-order chi connectivity index (χ1) is 22.8. The Morgan fingerprint density at radius 3 is 1.32 bits per heavy atom. The Hall–Kier alpha value is -4.64. The van der Waals surface area contributed by atoms with E-state index in [-0.39, 0.29) is 30.5 Å². The van der Waals surface area contributed by atoms with Gasteiger partial charge in [0, 0.05) is 41.6 Å². The van der Waals surface area contributed by atoms with E-state index in [0.717, 1.165) is 44.9 Å². The van der Waals surface area contributed by atoms with Gasteiger partial charge >= 0.3 is 0 Å². The molecule has 2 N–H and O–H groups in total. The van der Waals surface area contributed by atoms with Crippen molar-refractivity contribution in [3.63, 3.8) is 0 Å². The van der Waals surface area contributed by atoms with Crippen molar-refractivity contribution in [2.45, 2.75) is 33.1 Å². The molecular formula is C43H44O4. The molecule has 0 radical (unpaired) electrons. The molecule has 4 nitrogen and oxygen atoms in total. The largest absolute Gasteiger partial charge is 0.493 e. The zero-order valence-corrected chi connectivity index (χ0v) is 27.7. The maximum atomic E-state index is 9.64. The Morgan fingerprint density at radius 1 is 0.511 bits per heavy atom. The molecule has 0 spiro atoms. The summed E-state index contributed by atoms with van der Waals surface area (Å²) in [5.74, 6) is 1.67. The molecule has 0 aliphatic heterocycles. The van der Waals surface area contributed by atoms with Crippen LogP contribution in [0.15, 0.2) is 121 Å². The van der Waals surface area contributed by atoms with Gasteiger partial charge in [0.05, 0.1) is 13.2 Å². The highest BCUT2D eigenvalue weighted by atomic mass is 16.5. The van der Waals surface area contributed by atoms with Crippen molar-refractivity contribution in [1.29, 1.82) is 0 Å². The predicted molar refractivity (Wildman–Crippen MR) is 194 cm³/mol. The zero-order chi connectivity index (χ0) is 33.0. The Bertz CT molecular complexity index is 1850. The molecule has 0 saturated carbocycles. The molecule has 4 heteroatoms. The van der Waals surface area contributed by atoms with Crippen LogP contribution in [0, 0.1) is 11.8 Å². The fraction of sp³-hybridized carbons (Fsp3) is 0.256. The number of hydrogen-bond acceptors (Lipinski definition) is 4. The molecule has 0 aliphatic rings. The van der Waals surface area contributed by atoms with Crippen molar-refractivity contribution < 1.29 is 19.7 Å². The van der Waals surface area contributed by atoms with Gasteiger partial charge in [0.2, 0.25) is 0 Å². The van der Waals surface area contributed by atoms with Crippen molar-refractivity contribution in [3.05, 3.63) is 132 Å². The van der Waals surface area contributed by atoms with Crippen molar-refractivity contribution in [2.24, 2.45) is 11.8 Å². The van der Waals surface area contributed by atoms with Crippen molar-refractivity contribution in [1.82, 2.24) is 0 Å². The van der Waals surface area contributed by atoms with Crippen LogP contribution in [0.3, 0.4) is 0 Å². The highest BCUT2D eigenvalue weighted by Crippen LogP contribution is 2.42. The summed E-state index contributed by atoms with van der Waals surface area (Å²) in [5.41, 5.74) is 6.20. The number of hydrogen-bond donors (Lipinski definition) is 2. The topological polar surface area (TPSA) is 58.9 Å². The van der Waals surface area contributed by atoms with E-state index in [1.54, 1.807) is 0 Å². The molecular weight excluding hydrogens is 580 g/mol. The second-order valence-electron chi connectivity index (χ2n) is 13.4. The van der Waals surface area contributed by atoms with Gasteiger partial charge in [0.15, 0.2) is 0 Å². The molecule has 2 atom stereocenters. The molecule has 47 heavy (non-hydrogen) atoms.